The van der Waals surface area contributed by atoms with Gasteiger partial charge in [-0.15, -0.1) is 0 Å². The van der Waals surface area contributed by atoms with E-state index >= 15 is 0 Å². The molecule has 128 valence electrons. The third-order valence-electron chi connectivity index (χ3n) is 3.27. The Labute approximate surface area is 154 Å². The van der Waals surface area contributed by atoms with Crippen molar-refractivity contribution in [2.45, 2.75) is 26.8 Å². The Morgan fingerprint density at radius 3 is 2.62 bits per heavy atom. The van der Waals surface area contributed by atoms with Crippen LogP contribution in [-0.4, -0.2) is 21.6 Å². The largest absolute Gasteiger partial charge is 0.380 e. The summed E-state index contributed by atoms with van der Waals surface area (Å²) in [5, 5.41) is 9.21. The van der Waals surface area contributed by atoms with Crippen molar-refractivity contribution in [2.24, 2.45) is 10.9 Å². The van der Waals surface area contributed by atoms with E-state index in [2.05, 4.69) is 10.3 Å². The molecule has 2 rings (SSSR count). The summed E-state index contributed by atoms with van der Waals surface area (Å²) in [6.45, 7) is 3.95. The molecule has 0 amide bonds. The summed E-state index contributed by atoms with van der Waals surface area (Å²) in [7, 11) is 0. The van der Waals surface area contributed by atoms with Crippen LogP contribution >= 0.6 is 34.8 Å². The number of aromatic nitrogens is 2. The Kier molecular flexibility index (Phi) is 6.10. The van der Waals surface area contributed by atoms with Crippen molar-refractivity contribution in [1.82, 2.24) is 9.78 Å². The van der Waals surface area contributed by atoms with Crippen molar-refractivity contribution in [3.8, 4) is 0 Å². The quantitative estimate of drug-likeness (QED) is 0.366. The molecular formula is C15H15Cl3N4O2. The Morgan fingerprint density at radius 1 is 1.33 bits per heavy atom. The molecular weight excluding hydrogens is 375 g/mol. The van der Waals surface area contributed by atoms with Gasteiger partial charge in [0.25, 0.3) is 0 Å². The number of carbonyl (C=O) groups excluding carboxylic acids is 1. The summed E-state index contributed by atoms with van der Waals surface area (Å²) in [6, 6.07) is 4.73. The lowest BCUT2D eigenvalue weighted by Gasteiger charge is -2.05. The molecule has 1 aromatic heterocycles. The minimum atomic E-state index is -0.549. The fourth-order valence-corrected chi connectivity index (χ4v) is 2.62. The van der Waals surface area contributed by atoms with Crippen LogP contribution in [0.25, 0.3) is 0 Å². The molecule has 24 heavy (non-hydrogen) atoms. The molecule has 0 aliphatic carbocycles. The third-order valence-corrected chi connectivity index (χ3v) is 4.37. The average molecular weight is 390 g/mol. The van der Waals surface area contributed by atoms with Crippen molar-refractivity contribution in [3.63, 3.8) is 0 Å². The monoisotopic (exact) mass is 388 g/mol. The zero-order chi connectivity index (χ0) is 17.9. The molecule has 2 aromatic rings. The van der Waals surface area contributed by atoms with Gasteiger partial charge in [0.2, 0.25) is 0 Å². The highest BCUT2D eigenvalue weighted by molar-refractivity contribution is 6.36. The first-order valence-corrected chi connectivity index (χ1v) is 8.11. The van der Waals surface area contributed by atoms with Gasteiger partial charge >= 0.3 is 5.97 Å². The zero-order valence-corrected chi connectivity index (χ0v) is 15.3. The molecule has 0 aliphatic rings. The number of hydrogen-bond donors (Lipinski definition) is 1. The van der Waals surface area contributed by atoms with Crippen molar-refractivity contribution in [1.29, 1.82) is 0 Å². The van der Waals surface area contributed by atoms with Gasteiger partial charge in [0, 0.05) is 10.6 Å². The van der Waals surface area contributed by atoms with Gasteiger partial charge in [0.1, 0.15) is 0 Å². The number of amidine groups is 1. The first-order valence-electron chi connectivity index (χ1n) is 6.98. The molecule has 0 spiro atoms. The van der Waals surface area contributed by atoms with Crippen LogP contribution in [0.2, 0.25) is 15.1 Å². The van der Waals surface area contributed by atoms with Crippen molar-refractivity contribution in [2.75, 3.05) is 0 Å². The van der Waals surface area contributed by atoms with Crippen LogP contribution in [0.5, 0.6) is 0 Å². The highest BCUT2D eigenvalue weighted by Crippen LogP contribution is 2.21. The lowest BCUT2D eigenvalue weighted by Crippen LogP contribution is -2.16. The summed E-state index contributed by atoms with van der Waals surface area (Å²) in [4.78, 5) is 16.6. The van der Waals surface area contributed by atoms with E-state index in [1.165, 1.54) is 6.07 Å². The van der Waals surface area contributed by atoms with E-state index in [4.69, 9.17) is 45.4 Å². The number of oxime groups is 1. The van der Waals surface area contributed by atoms with Crippen molar-refractivity contribution in [3.05, 3.63) is 50.2 Å². The first kappa shape index (κ1) is 18.6. The Balaban J connectivity index is 1.95. The molecule has 0 saturated heterocycles. The van der Waals surface area contributed by atoms with Gasteiger partial charge in [0.05, 0.1) is 34.4 Å². The summed E-state index contributed by atoms with van der Waals surface area (Å²) < 4.78 is 1.64. The van der Waals surface area contributed by atoms with Crippen LogP contribution in [0.3, 0.4) is 0 Å². The van der Waals surface area contributed by atoms with Crippen LogP contribution < -0.4 is 5.73 Å². The Bertz CT molecular complexity index is 802. The number of benzene rings is 1. The lowest BCUT2D eigenvalue weighted by molar-refractivity contribution is -0.144. The van der Waals surface area contributed by atoms with E-state index in [1.54, 1.807) is 23.7 Å². The van der Waals surface area contributed by atoms with E-state index < -0.39 is 5.97 Å². The maximum Gasteiger partial charge on any atom is 0.336 e. The smallest absolute Gasteiger partial charge is 0.336 e. The molecule has 2 N–H and O–H groups in total. The van der Waals surface area contributed by atoms with Crippen LogP contribution in [0.1, 0.15) is 23.4 Å². The lowest BCUT2D eigenvalue weighted by atomic mass is 10.2. The number of hydrogen-bond acceptors (Lipinski definition) is 4. The maximum absolute atomic E-state index is 11.8. The van der Waals surface area contributed by atoms with Crippen LogP contribution in [-0.2, 0) is 16.2 Å². The predicted octanol–water partition coefficient (Wildman–Crippen LogP) is 3.71. The second-order valence-corrected chi connectivity index (χ2v) is 6.24. The van der Waals surface area contributed by atoms with Crippen LogP contribution in [0.4, 0.5) is 0 Å². The molecule has 0 saturated carbocycles. The van der Waals surface area contributed by atoms with Crippen LogP contribution in [0, 0.1) is 13.8 Å². The second-order valence-electron chi connectivity index (χ2n) is 5.02. The molecule has 0 unspecified atom stereocenters. The maximum atomic E-state index is 11.8. The normalized spacial score (nSPS) is 11.6. The highest BCUT2D eigenvalue weighted by Gasteiger charge is 2.12. The molecule has 0 fully saturated rings. The number of halogens is 3. The van der Waals surface area contributed by atoms with Gasteiger partial charge in [-0.25, -0.2) is 4.79 Å². The number of carbonyl (C=O) groups is 1. The second kappa shape index (κ2) is 7.88. The minimum Gasteiger partial charge on any atom is -0.380 e. The van der Waals surface area contributed by atoms with E-state index in [1.807, 2.05) is 6.92 Å². The molecule has 1 heterocycles. The average Bonchev–Trinajstić information content (AvgIpc) is 2.77. The Morgan fingerprint density at radius 2 is 2.04 bits per heavy atom. The molecule has 6 nitrogen and oxygen atoms in total. The molecule has 1 aromatic carbocycles. The topological polar surface area (TPSA) is 82.5 Å². The minimum absolute atomic E-state index is 0.0147. The van der Waals surface area contributed by atoms with Gasteiger partial charge < -0.3 is 10.6 Å². The van der Waals surface area contributed by atoms with Gasteiger partial charge in [0.15, 0.2) is 5.84 Å². The van der Waals surface area contributed by atoms with Gasteiger partial charge in [-0.3, -0.25) is 4.68 Å². The fourth-order valence-electron chi connectivity index (χ4n) is 1.98. The Hall–Kier alpha value is -1.76. The van der Waals surface area contributed by atoms with Crippen LogP contribution in [0.15, 0.2) is 23.4 Å². The van der Waals surface area contributed by atoms with Gasteiger partial charge in [-0.2, -0.15) is 5.10 Å². The first-order chi connectivity index (χ1) is 11.3. The summed E-state index contributed by atoms with van der Waals surface area (Å²) in [5.41, 5.74) is 7.69. The summed E-state index contributed by atoms with van der Waals surface area (Å²) in [5.74, 6) is -0.564. The molecule has 0 radical (unpaired) electrons. The van der Waals surface area contributed by atoms with E-state index in [0.29, 0.717) is 32.9 Å². The molecule has 0 bridgehead atoms. The molecule has 0 atom stereocenters. The molecule has 9 heteroatoms. The summed E-state index contributed by atoms with van der Waals surface area (Å²) in [6.07, 6.45) is 0.0728. The van der Waals surface area contributed by atoms with Gasteiger partial charge in [-0.1, -0.05) is 40.0 Å². The predicted molar refractivity (Wildman–Crippen MR) is 94.6 cm³/mol. The number of rotatable bonds is 5. The third kappa shape index (κ3) is 4.41. The SMILES string of the molecule is Cc1nn(CCC(=O)O/N=C(\N)c2ccc(Cl)cc2Cl)c(C)c1Cl. The standard InChI is InChI=1S/C15H15Cl3N4O2/c1-8-14(18)9(2)22(20-8)6-5-13(23)24-21-15(19)11-4-3-10(16)7-12(11)17/h3-4,7H,5-6H2,1-2H3,(H2,19,21). The zero-order valence-electron chi connectivity index (χ0n) is 13.0. The molecule has 0 aliphatic heterocycles. The van der Waals surface area contributed by atoms with E-state index in [-0.39, 0.29) is 12.3 Å². The van der Waals surface area contributed by atoms with E-state index in [9.17, 15) is 4.79 Å². The van der Waals surface area contributed by atoms with E-state index in [0.717, 1.165) is 5.69 Å². The van der Waals surface area contributed by atoms with Crippen molar-refractivity contribution < 1.29 is 9.63 Å². The number of nitrogens with two attached hydrogens (primary N) is 1. The van der Waals surface area contributed by atoms with Gasteiger partial charge in [-0.05, 0) is 32.0 Å². The van der Waals surface area contributed by atoms with Crippen molar-refractivity contribution >= 4 is 46.6 Å². The highest BCUT2D eigenvalue weighted by atomic mass is 35.5. The summed E-state index contributed by atoms with van der Waals surface area (Å²) >= 11 is 17.9. The fraction of sp³-hybridized carbons (Fsp3) is 0.267. The number of aryl methyl sites for hydroxylation is 2. The number of nitrogens with zero attached hydrogens (tertiary/aromatic N) is 3.